The maximum atomic E-state index is 4.93. The first-order valence-electron chi connectivity index (χ1n) is 1.58. The fraction of sp³-hybridized carbons (Fsp3) is 0.200. The van der Waals surface area contributed by atoms with E-state index in [4.69, 9.17) is 6.58 Å². The molecule has 1 radical (unpaired) electrons. The Balaban J connectivity index is 0. The van der Waals surface area contributed by atoms with Gasteiger partial charge < -0.3 is 0 Å². The van der Waals surface area contributed by atoms with Gasteiger partial charge in [0.1, 0.15) is 0 Å². The minimum Gasteiger partial charge on any atom is -0.293 e. The molecular weight excluding hydrogens is 246 g/mol. The summed E-state index contributed by atoms with van der Waals surface area (Å²) in [7, 11) is 0. The van der Waals surface area contributed by atoms with E-state index in [9.17, 15) is 0 Å². The van der Waals surface area contributed by atoms with Gasteiger partial charge in [-0.05, 0) is 0 Å². The second-order valence-electron chi connectivity index (χ2n) is 0.718. The van der Waals surface area contributed by atoms with Crippen LogP contribution in [0.3, 0.4) is 0 Å². The minimum atomic E-state index is 0. The van der Waals surface area contributed by atoms with Gasteiger partial charge in [0.25, 0.3) is 0 Å². The molecule has 1 heteroatoms. The van der Waals surface area contributed by atoms with E-state index in [-0.39, 0.29) is 20.4 Å². The Hall–Kier alpha value is 0.142. The summed E-state index contributed by atoms with van der Waals surface area (Å²) in [6, 6.07) is 0. The van der Waals surface area contributed by atoms with Crippen LogP contribution >= 0.6 is 0 Å². The topological polar surface area (TPSA) is 0 Å². The summed E-state index contributed by atoms with van der Waals surface area (Å²) in [6.45, 7) is 6.85. The third-order valence-corrected chi connectivity index (χ3v) is 0.304. The van der Waals surface area contributed by atoms with Gasteiger partial charge in [0.15, 0.2) is 0 Å². The van der Waals surface area contributed by atoms with Crippen LogP contribution in [-0.4, -0.2) is 0 Å². The molecule has 0 N–H and O–H groups in total. The molecule has 0 aliphatic rings. The standard InChI is InChI=1S/C5H7.Re/c1-3-5-4-2;/h1,3-5H,2H3;/q-1;. The fourth-order valence-corrected chi connectivity index (χ4v) is 0.111. The average molecular weight is 253 g/mol. The largest absolute Gasteiger partial charge is 0.293 e. The maximum absolute atomic E-state index is 4.93. The summed E-state index contributed by atoms with van der Waals surface area (Å²) in [5, 5.41) is 0. The van der Waals surface area contributed by atoms with Crippen molar-refractivity contribution in [3.8, 4) is 0 Å². The summed E-state index contributed by atoms with van der Waals surface area (Å²) in [5.74, 6) is 0. The minimum absolute atomic E-state index is 0. The second-order valence-corrected chi connectivity index (χ2v) is 0.718. The molecule has 0 atom stereocenters. The van der Waals surface area contributed by atoms with Gasteiger partial charge >= 0.3 is 0 Å². The monoisotopic (exact) mass is 254 g/mol. The molecule has 0 fully saturated rings. The molecule has 0 spiro atoms. The van der Waals surface area contributed by atoms with Crippen LogP contribution in [0, 0.1) is 6.58 Å². The van der Waals surface area contributed by atoms with E-state index in [2.05, 4.69) is 0 Å². The summed E-state index contributed by atoms with van der Waals surface area (Å²) in [5.41, 5.74) is 0. The van der Waals surface area contributed by atoms with Crippen molar-refractivity contribution in [3.05, 3.63) is 24.8 Å². The predicted molar refractivity (Wildman–Crippen MR) is 23.7 cm³/mol. The van der Waals surface area contributed by atoms with Crippen LogP contribution in [0.25, 0.3) is 0 Å². The number of hydrogen-bond acceptors (Lipinski definition) is 0. The Morgan fingerprint density at radius 2 is 2.00 bits per heavy atom. The van der Waals surface area contributed by atoms with Crippen molar-refractivity contribution in [1.29, 1.82) is 0 Å². The molecule has 35 valence electrons. The third kappa shape index (κ3) is 8.91. The van der Waals surface area contributed by atoms with Crippen molar-refractivity contribution in [3.63, 3.8) is 0 Å². The molecule has 0 aliphatic carbocycles. The Kier molecular flexibility index (Phi) is 14.1. The zero-order valence-electron chi connectivity index (χ0n) is 3.69. The van der Waals surface area contributed by atoms with Crippen molar-refractivity contribution in [2.45, 2.75) is 6.92 Å². The van der Waals surface area contributed by atoms with Gasteiger partial charge in [-0.2, -0.15) is 6.08 Å². The van der Waals surface area contributed by atoms with Gasteiger partial charge in [0.2, 0.25) is 0 Å². The molecule has 0 aromatic rings. The van der Waals surface area contributed by atoms with E-state index in [1.165, 1.54) is 6.08 Å². The molecule has 0 aliphatic heterocycles. The molecule has 0 bridgehead atoms. The van der Waals surface area contributed by atoms with Crippen molar-refractivity contribution >= 4 is 0 Å². The molecule has 0 saturated heterocycles. The molecule has 0 aromatic heterocycles. The van der Waals surface area contributed by atoms with Crippen molar-refractivity contribution in [2.75, 3.05) is 0 Å². The molecule has 0 saturated carbocycles. The van der Waals surface area contributed by atoms with Crippen LogP contribution in [0.15, 0.2) is 18.2 Å². The molecule has 6 heavy (non-hydrogen) atoms. The first kappa shape index (κ1) is 9.47. The fourth-order valence-electron chi connectivity index (χ4n) is 0.111. The van der Waals surface area contributed by atoms with Gasteiger partial charge in [-0.15, -0.1) is 0 Å². The smallest absolute Gasteiger partial charge is 0 e. The van der Waals surface area contributed by atoms with Gasteiger partial charge in [-0.1, -0.05) is 6.92 Å². The Bertz CT molecular complexity index is 45.9. The van der Waals surface area contributed by atoms with Gasteiger partial charge in [-0.3, -0.25) is 6.58 Å². The predicted octanol–water partition coefficient (Wildman–Crippen LogP) is 1.55. The van der Waals surface area contributed by atoms with Crippen LogP contribution in [0.2, 0.25) is 0 Å². The molecule has 0 aromatic carbocycles. The zero-order chi connectivity index (χ0) is 4.12. The summed E-state index contributed by atoms with van der Waals surface area (Å²) in [4.78, 5) is 0. The van der Waals surface area contributed by atoms with Gasteiger partial charge in [-0.25, -0.2) is 12.2 Å². The van der Waals surface area contributed by atoms with Crippen LogP contribution in [-0.2, 0) is 20.4 Å². The third-order valence-electron chi connectivity index (χ3n) is 0.304. The summed E-state index contributed by atoms with van der Waals surface area (Å²) in [6.07, 6.45) is 5.15. The Morgan fingerprint density at radius 3 is 2.00 bits per heavy atom. The van der Waals surface area contributed by atoms with E-state index in [1.54, 1.807) is 6.08 Å². The molecule has 0 unspecified atom stereocenters. The molecule has 0 amide bonds. The molecule has 0 rings (SSSR count). The van der Waals surface area contributed by atoms with Crippen molar-refractivity contribution in [1.82, 2.24) is 0 Å². The van der Waals surface area contributed by atoms with E-state index < -0.39 is 0 Å². The van der Waals surface area contributed by atoms with Crippen molar-refractivity contribution < 1.29 is 20.4 Å². The quantitative estimate of drug-likeness (QED) is 0.491. The number of rotatable bonds is 1. The maximum Gasteiger partial charge on any atom is 0 e. The number of allylic oxidation sites excluding steroid dienone is 3. The second kappa shape index (κ2) is 8.94. The van der Waals surface area contributed by atoms with Crippen LogP contribution in [0.5, 0.6) is 0 Å². The molecule has 0 heterocycles. The van der Waals surface area contributed by atoms with Gasteiger partial charge in [0, 0.05) is 20.4 Å². The first-order valence-corrected chi connectivity index (χ1v) is 1.58. The first-order chi connectivity index (χ1) is 2.41. The van der Waals surface area contributed by atoms with Crippen LogP contribution < -0.4 is 0 Å². The van der Waals surface area contributed by atoms with E-state index in [0.29, 0.717) is 0 Å². The molecule has 0 nitrogen and oxygen atoms in total. The van der Waals surface area contributed by atoms with E-state index >= 15 is 0 Å². The Labute approximate surface area is 52.6 Å². The summed E-state index contributed by atoms with van der Waals surface area (Å²) < 4.78 is 0. The zero-order valence-corrected chi connectivity index (χ0v) is 6.40. The normalized spacial score (nSPS) is 7.50. The SMILES string of the molecule is [CH-]=CC=CC.[Re]. The average Bonchev–Trinajstić information content (AvgIpc) is 1.41. The van der Waals surface area contributed by atoms with E-state index in [1.807, 2.05) is 13.0 Å². The molecular formula is C5H7Re-. The van der Waals surface area contributed by atoms with Crippen LogP contribution in [0.1, 0.15) is 6.92 Å². The summed E-state index contributed by atoms with van der Waals surface area (Å²) >= 11 is 0. The van der Waals surface area contributed by atoms with E-state index in [0.717, 1.165) is 0 Å². The Morgan fingerprint density at radius 1 is 1.50 bits per heavy atom. The van der Waals surface area contributed by atoms with Crippen LogP contribution in [0.4, 0.5) is 0 Å². The van der Waals surface area contributed by atoms with Crippen molar-refractivity contribution in [2.24, 2.45) is 0 Å². The number of hydrogen-bond donors (Lipinski definition) is 0. The van der Waals surface area contributed by atoms with Gasteiger partial charge in [0.05, 0.1) is 0 Å².